The van der Waals surface area contributed by atoms with E-state index in [1.165, 1.54) is 14.1 Å². The zero-order valence-corrected chi connectivity index (χ0v) is 7.72. The number of hydrogen-bond donors (Lipinski definition) is 1. The van der Waals surface area contributed by atoms with Gasteiger partial charge in [0.05, 0.1) is 5.56 Å². The zero-order valence-electron chi connectivity index (χ0n) is 7.72. The van der Waals surface area contributed by atoms with Gasteiger partial charge in [0, 0.05) is 20.6 Å². The minimum Gasteiger partial charge on any atom is -0.326 e. The maximum absolute atomic E-state index is 12.5. The summed E-state index contributed by atoms with van der Waals surface area (Å²) in [7, 11) is 2.43. The van der Waals surface area contributed by atoms with Crippen LogP contribution >= 0.6 is 0 Å². The summed E-state index contributed by atoms with van der Waals surface area (Å²) in [5.41, 5.74) is 3.02. The van der Waals surface area contributed by atoms with Crippen LogP contribution in [0.2, 0.25) is 0 Å². The molecule has 2 N–H and O–H groups in total. The molecular weight excluding hydrogens is 199 g/mol. The lowest BCUT2D eigenvalue weighted by Gasteiger charge is -2.09. The summed E-state index contributed by atoms with van der Waals surface area (Å²) in [4.78, 5) is 11.3. The van der Waals surface area contributed by atoms with Gasteiger partial charge in [-0.1, -0.05) is 0 Å². The molecule has 4 nitrogen and oxygen atoms in total. The van der Waals surface area contributed by atoms with E-state index in [4.69, 9.17) is 5.73 Å². The molecule has 1 aromatic heterocycles. The molecule has 0 aromatic carbocycles. The number of nitrogens with zero attached hydrogens (tertiary/aromatic N) is 2. The topological polar surface area (TPSA) is 52.9 Å². The Morgan fingerprint density at radius 1 is 1.29 bits per heavy atom. The van der Waals surface area contributed by atoms with Crippen molar-refractivity contribution >= 4 is 0 Å². The third kappa shape index (κ3) is 1.43. The van der Waals surface area contributed by atoms with E-state index in [0.717, 1.165) is 9.36 Å². The second-order valence-corrected chi connectivity index (χ2v) is 2.88. The Kier molecular flexibility index (Phi) is 2.45. The second kappa shape index (κ2) is 3.16. The standard InChI is InChI=1S/C7H10F3N3O/c1-12-5(7(8,9)10)4(3-11)6(14)13(12)2/h3,11H2,1-2H3. The van der Waals surface area contributed by atoms with Gasteiger partial charge in [-0.15, -0.1) is 0 Å². The number of rotatable bonds is 1. The van der Waals surface area contributed by atoms with Gasteiger partial charge < -0.3 is 5.73 Å². The molecule has 0 aliphatic rings. The van der Waals surface area contributed by atoms with Crippen molar-refractivity contribution in [2.75, 3.05) is 0 Å². The third-order valence-corrected chi connectivity index (χ3v) is 2.08. The van der Waals surface area contributed by atoms with Crippen molar-refractivity contribution in [1.82, 2.24) is 9.36 Å². The van der Waals surface area contributed by atoms with Gasteiger partial charge in [-0.2, -0.15) is 13.2 Å². The summed E-state index contributed by atoms with van der Waals surface area (Å²) >= 11 is 0. The predicted molar refractivity (Wildman–Crippen MR) is 43.5 cm³/mol. The lowest BCUT2D eigenvalue weighted by atomic mass is 10.2. The number of halogens is 3. The first kappa shape index (κ1) is 10.8. The third-order valence-electron chi connectivity index (χ3n) is 2.08. The maximum Gasteiger partial charge on any atom is 0.433 e. The lowest BCUT2D eigenvalue weighted by molar-refractivity contribution is -0.144. The van der Waals surface area contributed by atoms with Crippen molar-refractivity contribution in [3.05, 3.63) is 21.6 Å². The van der Waals surface area contributed by atoms with Crippen LogP contribution in [-0.2, 0) is 26.8 Å². The first-order chi connectivity index (χ1) is 6.30. The van der Waals surface area contributed by atoms with Gasteiger partial charge >= 0.3 is 6.18 Å². The Morgan fingerprint density at radius 3 is 2.07 bits per heavy atom. The average molecular weight is 209 g/mol. The molecule has 0 amide bonds. The van der Waals surface area contributed by atoms with Crippen molar-refractivity contribution in [3.63, 3.8) is 0 Å². The molecule has 0 spiro atoms. The van der Waals surface area contributed by atoms with Gasteiger partial charge in [-0.25, -0.2) is 0 Å². The van der Waals surface area contributed by atoms with Gasteiger partial charge in [-0.3, -0.25) is 14.2 Å². The average Bonchev–Trinajstić information content (AvgIpc) is 2.28. The molecule has 0 fully saturated rings. The van der Waals surface area contributed by atoms with Crippen LogP contribution < -0.4 is 11.3 Å². The summed E-state index contributed by atoms with van der Waals surface area (Å²) in [5.74, 6) is 0. The van der Waals surface area contributed by atoms with Crippen molar-refractivity contribution < 1.29 is 13.2 Å². The minimum absolute atomic E-state index is 0.400. The molecule has 0 radical (unpaired) electrons. The molecule has 0 atom stereocenters. The van der Waals surface area contributed by atoms with Gasteiger partial charge in [0.2, 0.25) is 0 Å². The number of aromatic nitrogens is 2. The summed E-state index contributed by atoms with van der Waals surface area (Å²) in [5, 5.41) is 0. The SMILES string of the molecule is Cn1c(C(F)(F)F)c(CN)c(=O)n1C. The Labute approximate surface area is 77.7 Å². The number of alkyl halides is 3. The van der Waals surface area contributed by atoms with Crippen LogP contribution in [0.5, 0.6) is 0 Å². The van der Waals surface area contributed by atoms with Crippen molar-refractivity contribution in [3.8, 4) is 0 Å². The van der Waals surface area contributed by atoms with Crippen molar-refractivity contribution in [2.45, 2.75) is 12.7 Å². The summed E-state index contributed by atoms with van der Waals surface area (Å²) in [6, 6.07) is 0. The van der Waals surface area contributed by atoms with E-state index in [-0.39, 0.29) is 0 Å². The van der Waals surface area contributed by atoms with E-state index in [2.05, 4.69) is 0 Å². The lowest BCUT2D eigenvalue weighted by Crippen LogP contribution is -2.19. The van der Waals surface area contributed by atoms with Crippen LogP contribution in [0.25, 0.3) is 0 Å². The van der Waals surface area contributed by atoms with E-state index in [0.29, 0.717) is 0 Å². The Bertz CT molecular complexity index is 402. The molecule has 0 aliphatic carbocycles. The molecule has 1 heterocycles. The fraction of sp³-hybridized carbons (Fsp3) is 0.571. The van der Waals surface area contributed by atoms with Gasteiger partial charge in [0.1, 0.15) is 5.69 Å². The normalized spacial score (nSPS) is 12.1. The van der Waals surface area contributed by atoms with Crippen LogP contribution in [-0.4, -0.2) is 9.36 Å². The fourth-order valence-corrected chi connectivity index (χ4v) is 1.32. The molecule has 7 heteroatoms. The van der Waals surface area contributed by atoms with E-state index in [9.17, 15) is 18.0 Å². The van der Waals surface area contributed by atoms with Crippen LogP contribution in [0, 0.1) is 0 Å². The van der Waals surface area contributed by atoms with Gasteiger partial charge in [0.25, 0.3) is 5.56 Å². The highest BCUT2D eigenvalue weighted by atomic mass is 19.4. The Morgan fingerprint density at radius 2 is 1.79 bits per heavy atom. The molecule has 0 unspecified atom stereocenters. The molecule has 14 heavy (non-hydrogen) atoms. The summed E-state index contributed by atoms with van der Waals surface area (Å²) < 4.78 is 39.0. The molecule has 1 aromatic rings. The minimum atomic E-state index is -4.55. The van der Waals surface area contributed by atoms with Crippen molar-refractivity contribution in [1.29, 1.82) is 0 Å². The quantitative estimate of drug-likeness (QED) is 0.718. The van der Waals surface area contributed by atoms with Crippen LogP contribution in [0.15, 0.2) is 4.79 Å². The maximum atomic E-state index is 12.5. The van der Waals surface area contributed by atoms with E-state index in [1.807, 2.05) is 0 Å². The molecule has 0 saturated heterocycles. The second-order valence-electron chi connectivity index (χ2n) is 2.88. The van der Waals surface area contributed by atoms with E-state index < -0.39 is 29.5 Å². The van der Waals surface area contributed by atoms with Gasteiger partial charge in [-0.05, 0) is 0 Å². The molecule has 0 bridgehead atoms. The smallest absolute Gasteiger partial charge is 0.326 e. The zero-order chi connectivity index (χ0) is 11.1. The number of hydrogen-bond acceptors (Lipinski definition) is 2. The largest absolute Gasteiger partial charge is 0.433 e. The first-order valence-corrected chi connectivity index (χ1v) is 3.82. The van der Waals surface area contributed by atoms with Crippen LogP contribution in [0.1, 0.15) is 11.3 Å². The number of nitrogens with two attached hydrogens (primary N) is 1. The van der Waals surface area contributed by atoms with Crippen molar-refractivity contribution in [2.24, 2.45) is 19.8 Å². The van der Waals surface area contributed by atoms with Gasteiger partial charge in [0.15, 0.2) is 0 Å². The van der Waals surface area contributed by atoms with Crippen LogP contribution in [0.4, 0.5) is 13.2 Å². The Balaban J connectivity index is 3.58. The van der Waals surface area contributed by atoms with E-state index in [1.54, 1.807) is 0 Å². The first-order valence-electron chi connectivity index (χ1n) is 3.82. The molecule has 0 saturated carbocycles. The van der Waals surface area contributed by atoms with E-state index >= 15 is 0 Å². The Hall–Kier alpha value is -1.24. The molecule has 0 aliphatic heterocycles. The molecule has 1 rings (SSSR count). The predicted octanol–water partition coefficient (Wildman–Crippen LogP) is 0.201. The highest BCUT2D eigenvalue weighted by molar-refractivity contribution is 5.21. The van der Waals surface area contributed by atoms with Crippen LogP contribution in [0.3, 0.4) is 0 Å². The monoisotopic (exact) mass is 209 g/mol. The molecule has 80 valence electrons. The summed E-state index contributed by atoms with van der Waals surface area (Å²) in [6.07, 6.45) is -4.55. The summed E-state index contributed by atoms with van der Waals surface area (Å²) in [6.45, 7) is -0.414. The molecular formula is C7H10F3N3O. The highest BCUT2D eigenvalue weighted by Gasteiger charge is 2.38. The highest BCUT2D eigenvalue weighted by Crippen LogP contribution is 2.30. The fourth-order valence-electron chi connectivity index (χ4n) is 1.32.